The van der Waals surface area contributed by atoms with Crippen molar-refractivity contribution in [3.8, 4) is 0 Å². The van der Waals surface area contributed by atoms with Gasteiger partial charge in [0.05, 0.1) is 14.2 Å². The van der Waals surface area contributed by atoms with E-state index < -0.39 is 14.2 Å². The molecule has 0 aromatic heterocycles. The van der Waals surface area contributed by atoms with Crippen LogP contribution in [0.3, 0.4) is 0 Å². The van der Waals surface area contributed by atoms with Crippen LogP contribution in [0.15, 0.2) is 30.3 Å². The minimum absolute atomic E-state index is 0.493. The molecular weight excluding hydrogens is 224 g/mol. The summed E-state index contributed by atoms with van der Waals surface area (Å²) in [5, 5.41) is 10.4. The van der Waals surface area contributed by atoms with Gasteiger partial charge in [-0.3, -0.25) is 0 Å². The summed E-state index contributed by atoms with van der Waals surface area (Å²) < 4.78 is 0. The maximum Gasteiger partial charge on any atom is 0.0858 e. The van der Waals surface area contributed by atoms with Gasteiger partial charge in [-0.15, -0.1) is 0 Å². The van der Waals surface area contributed by atoms with Crippen molar-refractivity contribution in [3.05, 3.63) is 66.6 Å². The van der Waals surface area contributed by atoms with Crippen molar-refractivity contribution in [2.24, 2.45) is 0 Å². The van der Waals surface area contributed by atoms with Gasteiger partial charge in [0.2, 0.25) is 0 Å². The molecule has 0 bridgehead atoms. The molecule has 0 aliphatic heterocycles. The average Bonchev–Trinajstić information content (AvgIpc) is 2.78. The van der Waals surface area contributed by atoms with Gasteiger partial charge in [-0.2, -0.15) is 0 Å². The van der Waals surface area contributed by atoms with E-state index in [0.717, 1.165) is 11.5 Å². The van der Waals surface area contributed by atoms with E-state index in [4.69, 9.17) is 0 Å². The number of hydrogen-bond acceptors (Lipinski definition) is 1. The van der Waals surface area contributed by atoms with Crippen molar-refractivity contribution >= 4 is 8.07 Å². The molecule has 1 fully saturated rings. The Balaban J connectivity index is 2.17. The molecule has 1 aromatic rings. The maximum atomic E-state index is 10.4. The van der Waals surface area contributed by atoms with E-state index in [2.05, 4.69) is 32.5 Å². The molecule has 1 atom stereocenters. The molecule has 1 saturated carbocycles. The second-order valence-electron chi connectivity index (χ2n) is 5.46. The van der Waals surface area contributed by atoms with Crippen LogP contribution in [0.4, 0.5) is 0 Å². The van der Waals surface area contributed by atoms with Crippen LogP contribution in [0, 0.1) is 30.7 Å². The van der Waals surface area contributed by atoms with Gasteiger partial charge >= 0.3 is 0 Å². The van der Waals surface area contributed by atoms with E-state index in [0.29, 0.717) is 0 Å². The summed E-state index contributed by atoms with van der Waals surface area (Å²) in [6.45, 7) is 6.93. The summed E-state index contributed by atoms with van der Waals surface area (Å²) in [4.78, 5) is 0. The fraction of sp³-hybridized carbons (Fsp3) is 0.267. The van der Waals surface area contributed by atoms with Gasteiger partial charge in [0.15, 0.2) is 0 Å². The minimum Gasteiger partial charge on any atom is -0.388 e. The lowest BCUT2D eigenvalue weighted by Gasteiger charge is -2.32. The van der Waals surface area contributed by atoms with E-state index in [9.17, 15) is 5.11 Å². The number of benzene rings is 1. The molecule has 0 spiro atoms. The summed E-state index contributed by atoms with van der Waals surface area (Å²) in [7, 11) is -1.38. The van der Waals surface area contributed by atoms with Gasteiger partial charge in [0.25, 0.3) is 0 Å². The van der Waals surface area contributed by atoms with Crippen LogP contribution in [0.2, 0.25) is 19.6 Å². The monoisotopic (exact) mass is 243 g/mol. The topological polar surface area (TPSA) is 20.2 Å². The van der Waals surface area contributed by atoms with Crippen LogP contribution in [-0.2, 0) is 0 Å². The fourth-order valence-corrected chi connectivity index (χ4v) is 3.85. The smallest absolute Gasteiger partial charge is 0.0858 e. The van der Waals surface area contributed by atoms with Gasteiger partial charge < -0.3 is 5.11 Å². The third-order valence-corrected chi connectivity index (χ3v) is 5.14. The summed E-state index contributed by atoms with van der Waals surface area (Å²) in [6, 6.07) is 9.86. The van der Waals surface area contributed by atoms with E-state index in [1.807, 2.05) is 36.8 Å². The highest BCUT2D eigenvalue weighted by atomic mass is 28.3. The molecule has 17 heavy (non-hydrogen) atoms. The van der Waals surface area contributed by atoms with E-state index in [1.54, 1.807) is 0 Å². The molecule has 1 N–H and O–H groups in total. The fourth-order valence-electron chi connectivity index (χ4n) is 2.17. The molecule has 2 rings (SSSR count). The van der Waals surface area contributed by atoms with Crippen LogP contribution < -0.4 is 0 Å². The minimum atomic E-state index is -1.38. The Bertz CT molecular complexity index is 355. The Morgan fingerprint density at radius 3 is 2.24 bits per heavy atom. The van der Waals surface area contributed by atoms with Crippen molar-refractivity contribution in [2.45, 2.75) is 25.7 Å². The summed E-state index contributed by atoms with van der Waals surface area (Å²) in [6.07, 6.45) is 5.77. The Morgan fingerprint density at radius 1 is 1.00 bits per heavy atom. The SMILES string of the molecule is C[Si](C)(C)[C]1[CH][CH][CH][C]1[C@H](O)c1ccccc1. The summed E-state index contributed by atoms with van der Waals surface area (Å²) in [5.41, 5.74) is 2.33. The molecule has 5 radical (unpaired) electrons. The number of rotatable bonds is 3. The second-order valence-corrected chi connectivity index (χ2v) is 10.5. The van der Waals surface area contributed by atoms with E-state index in [1.165, 1.54) is 5.54 Å². The lowest BCUT2D eigenvalue weighted by molar-refractivity contribution is 0.199. The predicted molar refractivity (Wildman–Crippen MR) is 74.1 cm³/mol. The quantitative estimate of drug-likeness (QED) is 0.807. The van der Waals surface area contributed by atoms with Crippen molar-refractivity contribution in [1.29, 1.82) is 0 Å². The van der Waals surface area contributed by atoms with Crippen molar-refractivity contribution in [1.82, 2.24) is 0 Å². The van der Waals surface area contributed by atoms with Gasteiger partial charge in [0.1, 0.15) is 0 Å². The summed E-state index contributed by atoms with van der Waals surface area (Å²) >= 11 is 0. The molecule has 1 aliphatic carbocycles. The molecular formula is C15H19OSi. The first kappa shape index (κ1) is 12.8. The van der Waals surface area contributed by atoms with Gasteiger partial charge in [-0.1, -0.05) is 50.0 Å². The number of hydrogen-bond donors (Lipinski definition) is 1. The van der Waals surface area contributed by atoms with E-state index in [-0.39, 0.29) is 0 Å². The highest BCUT2D eigenvalue weighted by Crippen LogP contribution is 2.46. The number of aliphatic hydroxyl groups is 1. The molecule has 0 unspecified atom stereocenters. The van der Waals surface area contributed by atoms with Crippen molar-refractivity contribution in [2.75, 3.05) is 0 Å². The molecule has 1 aromatic carbocycles. The van der Waals surface area contributed by atoms with Crippen LogP contribution in [0.25, 0.3) is 0 Å². The normalized spacial score (nSPS) is 20.7. The standard InChI is InChI=1S/C15H19OSi/c1-17(2,3)14-11-7-10-13(14)15(16)12-8-5-4-6-9-12/h4-11,15-16H,1-3H3/t15-/m1/s1. The summed E-state index contributed by atoms with van der Waals surface area (Å²) in [5.74, 6) is 1.08. The van der Waals surface area contributed by atoms with Crippen molar-refractivity contribution in [3.63, 3.8) is 0 Å². The molecule has 1 aliphatic rings. The Morgan fingerprint density at radius 2 is 1.65 bits per heavy atom. The number of aliphatic hydroxyl groups excluding tert-OH is 1. The third kappa shape index (κ3) is 2.80. The molecule has 1 nitrogen and oxygen atoms in total. The van der Waals surface area contributed by atoms with Crippen LogP contribution >= 0.6 is 0 Å². The maximum absolute atomic E-state index is 10.4. The first-order valence-electron chi connectivity index (χ1n) is 5.99. The average molecular weight is 243 g/mol. The largest absolute Gasteiger partial charge is 0.388 e. The van der Waals surface area contributed by atoms with Crippen molar-refractivity contribution < 1.29 is 5.11 Å². The molecule has 0 saturated heterocycles. The van der Waals surface area contributed by atoms with Crippen LogP contribution in [0.1, 0.15) is 11.7 Å². The van der Waals surface area contributed by atoms with Gasteiger partial charge in [-0.25, -0.2) is 0 Å². The third-order valence-electron chi connectivity index (χ3n) is 3.07. The Labute approximate surface area is 106 Å². The first-order valence-corrected chi connectivity index (χ1v) is 9.49. The Hall–Kier alpha value is -0.603. The lowest BCUT2D eigenvalue weighted by atomic mass is 9.94. The molecule has 0 heterocycles. The zero-order valence-corrected chi connectivity index (χ0v) is 11.6. The Kier molecular flexibility index (Phi) is 3.74. The van der Waals surface area contributed by atoms with Gasteiger partial charge in [-0.05, 0) is 30.4 Å². The van der Waals surface area contributed by atoms with E-state index >= 15 is 0 Å². The second kappa shape index (κ2) is 4.95. The first-order chi connectivity index (χ1) is 8.00. The highest BCUT2D eigenvalue weighted by Gasteiger charge is 2.42. The van der Waals surface area contributed by atoms with Crippen LogP contribution in [0.5, 0.6) is 0 Å². The predicted octanol–water partition coefficient (Wildman–Crippen LogP) is 3.37. The lowest BCUT2D eigenvalue weighted by Crippen LogP contribution is -2.35. The molecule has 0 amide bonds. The molecule has 89 valence electrons. The van der Waals surface area contributed by atoms with Crippen LogP contribution in [-0.4, -0.2) is 13.2 Å². The highest BCUT2D eigenvalue weighted by molar-refractivity contribution is 6.82. The zero-order valence-electron chi connectivity index (χ0n) is 10.6. The zero-order chi connectivity index (χ0) is 12.5. The molecule has 2 heteroatoms. The van der Waals surface area contributed by atoms with Gasteiger partial charge in [0, 0.05) is 5.92 Å².